The van der Waals surface area contributed by atoms with Gasteiger partial charge in [0.15, 0.2) is 0 Å². The van der Waals surface area contributed by atoms with Crippen LogP contribution >= 0.6 is 0 Å². The fraction of sp³-hybridized carbons (Fsp3) is 0.692. The third-order valence-electron chi connectivity index (χ3n) is 4.46. The van der Waals surface area contributed by atoms with Gasteiger partial charge in [-0.1, -0.05) is 0 Å². The van der Waals surface area contributed by atoms with Crippen LogP contribution in [0.15, 0.2) is 22.8 Å². The Balaban J connectivity index is 1.61. The number of rotatable bonds is 3. The lowest BCUT2D eigenvalue weighted by Crippen LogP contribution is -2.65. The molecule has 0 unspecified atom stereocenters. The Morgan fingerprint density at radius 2 is 1.95 bits per heavy atom. The summed E-state index contributed by atoms with van der Waals surface area (Å²) >= 11 is 0. The molecule has 1 spiro atoms. The molecule has 2 saturated heterocycles. The second kappa shape index (κ2) is 4.61. The number of hydrogen-bond donors (Lipinski definition) is 0. The molecule has 0 N–H and O–H groups in total. The first-order valence-corrected chi connectivity index (χ1v) is 8.57. The van der Waals surface area contributed by atoms with Crippen LogP contribution in [0.1, 0.15) is 25.0 Å². The van der Waals surface area contributed by atoms with Crippen LogP contribution in [0.3, 0.4) is 0 Å². The van der Waals surface area contributed by atoms with Crippen LogP contribution in [0.4, 0.5) is 0 Å². The fourth-order valence-electron chi connectivity index (χ4n) is 3.29. The zero-order valence-corrected chi connectivity index (χ0v) is 12.0. The van der Waals surface area contributed by atoms with E-state index in [2.05, 4.69) is 4.90 Å². The molecule has 106 valence electrons. The monoisotopic (exact) mass is 284 g/mol. The average Bonchev–Trinajstić information content (AvgIpc) is 2.79. The summed E-state index contributed by atoms with van der Waals surface area (Å²) < 4.78 is 30.5. The summed E-state index contributed by atoms with van der Waals surface area (Å²) in [5.41, 5.74) is -0.0900. The molecule has 3 rings (SSSR count). The summed E-state index contributed by atoms with van der Waals surface area (Å²) in [6.45, 7) is 3.39. The Morgan fingerprint density at radius 3 is 2.42 bits per heavy atom. The van der Waals surface area contributed by atoms with Crippen LogP contribution in [0.2, 0.25) is 0 Å². The summed E-state index contributed by atoms with van der Waals surface area (Å²) in [5, 5.41) is 0. The minimum Gasteiger partial charge on any atom is -0.468 e. The summed E-state index contributed by atoms with van der Waals surface area (Å²) in [6.07, 6.45) is 5.89. The van der Waals surface area contributed by atoms with Gasteiger partial charge in [0.05, 0.1) is 19.1 Å². The van der Waals surface area contributed by atoms with E-state index in [-0.39, 0.29) is 5.54 Å². The maximum atomic E-state index is 11.7. The van der Waals surface area contributed by atoms with Crippen molar-refractivity contribution >= 4 is 10.0 Å². The standard InChI is InChI=1S/C13H20N2O3S/c1-19(16,17)15-9-6-13(15)4-7-14(8-5-13)11-12-3-2-10-18-12/h2-3,10H,4-9,11H2,1H3. The Labute approximate surface area is 114 Å². The summed E-state index contributed by atoms with van der Waals surface area (Å²) in [5.74, 6) is 0.976. The SMILES string of the molecule is CS(=O)(=O)N1CCC12CCN(Cc1ccco1)CC2. The molecule has 19 heavy (non-hydrogen) atoms. The van der Waals surface area contributed by atoms with Crippen LogP contribution in [0.5, 0.6) is 0 Å². The molecule has 2 aliphatic rings. The largest absolute Gasteiger partial charge is 0.468 e. The second-order valence-electron chi connectivity index (χ2n) is 5.66. The molecule has 0 saturated carbocycles. The van der Waals surface area contributed by atoms with Crippen LogP contribution < -0.4 is 0 Å². The number of sulfonamides is 1. The van der Waals surface area contributed by atoms with Crippen molar-refractivity contribution in [1.82, 2.24) is 9.21 Å². The van der Waals surface area contributed by atoms with Crippen molar-refractivity contribution in [2.24, 2.45) is 0 Å². The number of piperidine rings is 1. The average molecular weight is 284 g/mol. The van der Waals surface area contributed by atoms with Gasteiger partial charge in [0.25, 0.3) is 0 Å². The van der Waals surface area contributed by atoms with Gasteiger partial charge in [-0.05, 0) is 31.4 Å². The molecule has 0 radical (unpaired) electrons. The van der Waals surface area contributed by atoms with Gasteiger partial charge in [-0.3, -0.25) is 4.90 Å². The van der Waals surface area contributed by atoms with Gasteiger partial charge < -0.3 is 4.42 Å². The molecule has 6 heteroatoms. The number of likely N-dealkylation sites (tertiary alicyclic amines) is 1. The van der Waals surface area contributed by atoms with Crippen LogP contribution in [0, 0.1) is 0 Å². The number of nitrogens with zero attached hydrogens (tertiary/aromatic N) is 2. The van der Waals surface area contributed by atoms with E-state index in [4.69, 9.17) is 4.42 Å². The zero-order valence-electron chi connectivity index (χ0n) is 11.2. The Hall–Kier alpha value is -0.850. The first kappa shape index (κ1) is 13.1. The summed E-state index contributed by atoms with van der Waals surface area (Å²) in [4.78, 5) is 2.34. The Bertz CT molecular complexity index is 530. The Kier molecular flexibility index (Phi) is 3.19. The van der Waals surface area contributed by atoms with Crippen molar-refractivity contribution in [2.75, 3.05) is 25.9 Å². The molecule has 1 aromatic heterocycles. The second-order valence-corrected chi connectivity index (χ2v) is 7.57. The van der Waals surface area contributed by atoms with Gasteiger partial charge in [0.2, 0.25) is 10.0 Å². The first-order valence-electron chi connectivity index (χ1n) is 6.72. The highest BCUT2D eigenvalue weighted by Gasteiger charge is 2.50. The van der Waals surface area contributed by atoms with Gasteiger partial charge in [-0.15, -0.1) is 0 Å². The van der Waals surface area contributed by atoms with Gasteiger partial charge in [-0.2, -0.15) is 4.31 Å². The molecule has 0 aromatic carbocycles. The molecule has 5 nitrogen and oxygen atoms in total. The first-order chi connectivity index (χ1) is 9.00. The van der Waals surface area contributed by atoms with Crippen molar-refractivity contribution in [3.8, 4) is 0 Å². The molecule has 3 heterocycles. The Morgan fingerprint density at radius 1 is 1.26 bits per heavy atom. The zero-order chi connectivity index (χ0) is 13.5. The molecule has 2 aliphatic heterocycles. The lowest BCUT2D eigenvalue weighted by Gasteiger charge is -2.54. The summed E-state index contributed by atoms with van der Waals surface area (Å²) in [7, 11) is -3.05. The van der Waals surface area contributed by atoms with E-state index in [1.165, 1.54) is 6.26 Å². The molecule has 0 atom stereocenters. The lowest BCUT2D eigenvalue weighted by atomic mass is 9.79. The van der Waals surface area contributed by atoms with Crippen molar-refractivity contribution in [3.63, 3.8) is 0 Å². The van der Waals surface area contributed by atoms with E-state index in [0.29, 0.717) is 6.54 Å². The van der Waals surface area contributed by atoms with Gasteiger partial charge >= 0.3 is 0 Å². The highest BCUT2D eigenvalue weighted by molar-refractivity contribution is 7.88. The maximum absolute atomic E-state index is 11.7. The van der Waals surface area contributed by atoms with Crippen molar-refractivity contribution in [1.29, 1.82) is 0 Å². The highest BCUT2D eigenvalue weighted by Crippen LogP contribution is 2.41. The lowest BCUT2D eigenvalue weighted by molar-refractivity contribution is 0.00148. The topological polar surface area (TPSA) is 53.8 Å². The minimum atomic E-state index is -3.05. The van der Waals surface area contributed by atoms with E-state index in [1.54, 1.807) is 10.6 Å². The molecule has 0 amide bonds. The number of furan rings is 1. The predicted octanol–water partition coefficient (Wildman–Crippen LogP) is 1.28. The van der Waals surface area contributed by atoms with Crippen LogP contribution in [-0.2, 0) is 16.6 Å². The maximum Gasteiger partial charge on any atom is 0.211 e. The van der Waals surface area contributed by atoms with Gasteiger partial charge in [-0.25, -0.2) is 8.42 Å². The van der Waals surface area contributed by atoms with Gasteiger partial charge in [0.1, 0.15) is 5.76 Å². The highest BCUT2D eigenvalue weighted by atomic mass is 32.2. The van der Waals surface area contributed by atoms with Crippen LogP contribution in [0.25, 0.3) is 0 Å². The normalized spacial score (nSPS) is 24.5. The van der Waals surface area contributed by atoms with E-state index >= 15 is 0 Å². The van der Waals surface area contributed by atoms with E-state index in [1.807, 2.05) is 12.1 Å². The molecule has 2 fully saturated rings. The third-order valence-corrected chi connectivity index (χ3v) is 5.83. The quantitative estimate of drug-likeness (QED) is 0.839. The van der Waals surface area contributed by atoms with Gasteiger partial charge in [0, 0.05) is 25.2 Å². The van der Waals surface area contributed by atoms with Crippen molar-refractivity contribution < 1.29 is 12.8 Å². The van der Waals surface area contributed by atoms with Crippen molar-refractivity contribution in [2.45, 2.75) is 31.3 Å². The molecule has 1 aromatic rings. The number of hydrogen-bond acceptors (Lipinski definition) is 4. The third kappa shape index (κ3) is 2.44. The summed E-state index contributed by atoms with van der Waals surface area (Å²) in [6, 6.07) is 3.88. The molecular formula is C13H20N2O3S. The molecule has 0 bridgehead atoms. The van der Waals surface area contributed by atoms with Crippen LogP contribution in [-0.4, -0.2) is 49.1 Å². The smallest absolute Gasteiger partial charge is 0.211 e. The molecular weight excluding hydrogens is 264 g/mol. The fourth-order valence-corrected chi connectivity index (χ4v) is 4.69. The van der Waals surface area contributed by atoms with Crippen molar-refractivity contribution in [3.05, 3.63) is 24.2 Å². The minimum absolute atomic E-state index is 0.0900. The van der Waals surface area contributed by atoms with E-state index in [0.717, 1.165) is 44.7 Å². The van der Waals surface area contributed by atoms with E-state index in [9.17, 15) is 8.42 Å². The predicted molar refractivity (Wildman–Crippen MR) is 72.1 cm³/mol. The molecule has 0 aliphatic carbocycles. The van der Waals surface area contributed by atoms with E-state index < -0.39 is 10.0 Å².